The summed E-state index contributed by atoms with van der Waals surface area (Å²) >= 11 is 0. The van der Waals surface area contributed by atoms with Crippen LogP contribution < -0.4 is 5.32 Å². The van der Waals surface area contributed by atoms with Crippen LogP contribution in [0.15, 0.2) is 24.3 Å². The maximum Gasteiger partial charge on any atom is 0.220 e. The Hall–Kier alpha value is -1.73. The number of carbonyl (C=O) groups excluding carboxylic acids is 1. The van der Waals surface area contributed by atoms with Crippen LogP contribution in [0.2, 0.25) is 0 Å². The third-order valence-electron chi connectivity index (χ3n) is 16.2. The largest absolute Gasteiger partial charge is 0.394 e. The van der Waals surface area contributed by atoms with Crippen LogP contribution in [0.4, 0.5) is 0 Å². The van der Waals surface area contributed by atoms with Crippen LogP contribution in [-0.2, 0) is 33.2 Å². The van der Waals surface area contributed by atoms with E-state index in [9.17, 15) is 61.0 Å². The lowest BCUT2D eigenvalue weighted by Crippen LogP contribution is -2.66. The standard InChI is InChI=1S/C62H115NO18/c1-3-5-7-9-11-13-15-17-19-21-22-23-24-25-27-29-31-33-35-37-39-46(67)45(63-50(68)40-38-36-34-32-30-28-26-20-18-16-14-12-10-8-6-4-2)44-76-60-56(74)53(71)58(48(42-65)78-60)81-62-57(75)54(72)59(49(43-66)79-62)80-61-55(73)52(70)51(69)47(41-64)77-61/h20,26,37,39,45-49,51-62,64-67,69-75H,3-19,21-25,27-36,38,40-44H2,1-2H3,(H,63,68)/b26-20-,39-37+. The molecule has 0 saturated carbocycles. The van der Waals surface area contributed by atoms with Gasteiger partial charge in [-0.1, -0.05) is 205 Å². The summed E-state index contributed by atoms with van der Waals surface area (Å²) in [7, 11) is 0. The van der Waals surface area contributed by atoms with E-state index in [1.807, 2.05) is 6.08 Å². The van der Waals surface area contributed by atoms with Gasteiger partial charge in [0.15, 0.2) is 18.9 Å². The van der Waals surface area contributed by atoms with Crippen molar-refractivity contribution in [3.05, 3.63) is 24.3 Å². The van der Waals surface area contributed by atoms with Crippen molar-refractivity contribution in [1.29, 1.82) is 0 Å². The molecular weight excluding hydrogens is 1050 g/mol. The highest BCUT2D eigenvalue weighted by atomic mass is 16.8. The monoisotopic (exact) mass is 1160 g/mol. The highest BCUT2D eigenvalue weighted by molar-refractivity contribution is 5.76. The van der Waals surface area contributed by atoms with Crippen LogP contribution in [0.1, 0.15) is 232 Å². The summed E-state index contributed by atoms with van der Waals surface area (Å²) in [6.45, 7) is 1.73. The molecule has 12 N–H and O–H groups in total. The molecule has 19 heteroatoms. The Morgan fingerprint density at radius 2 is 0.778 bits per heavy atom. The van der Waals surface area contributed by atoms with Crippen molar-refractivity contribution in [2.75, 3.05) is 26.4 Å². The topological polar surface area (TPSA) is 307 Å². The number of carbonyl (C=O) groups is 1. The summed E-state index contributed by atoms with van der Waals surface area (Å²) < 4.78 is 34.3. The second-order valence-corrected chi connectivity index (χ2v) is 23.2. The summed E-state index contributed by atoms with van der Waals surface area (Å²) in [6, 6.07) is -0.975. The number of nitrogens with one attached hydrogen (secondary N) is 1. The molecule has 0 bridgehead atoms. The molecule has 3 aliphatic heterocycles. The fourth-order valence-electron chi connectivity index (χ4n) is 11.0. The summed E-state index contributed by atoms with van der Waals surface area (Å²) in [5, 5.41) is 120. The van der Waals surface area contributed by atoms with E-state index in [1.54, 1.807) is 6.08 Å². The van der Waals surface area contributed by atoms with Gasteiger partial charge in [-0.3, -0.25) is 4.79 Å². The second-order valence-electron chi connectivity index (χ2n) is 23.2. The van der Waals surface area contributed by atoms with Crippen LogP contribution >= 0.6 is 0 Å². The molecule has 19 nitrogen and oxygen atoms in total. The first-order valence-corrected chi connectivity index (χ1v) is 32.1. The smallest absolute Gasteiger partial charge is 0.220 e. The zero-order chi connectivity index (χ0) is 59.0. The summed E-state index contributed by atoms with van der Waals surface area (Å²) in [6.07, 6.45) is 21.5. The molecule has 0 aromatic heterocycles. The van der Waals surface area contributed by atoms with Gasteiger partial charge in [0.25, 0.3) is 0 Å². The Balaban J connectivity index is 1.49. The molecule has 3 saturated heterocycles. The molecule has 0 aromatic carbocycles. The fraction of sp³-hybridized carbons (Fsp3) is 0.919. The third kappa shape index (κ3) is 29.0. The number of aliphatic hydroxyl groups is 11. The van der Waals surface area contributed by atoms with Crippen LogP contribution in [0, 0.1) is 0 Å². The first kappa shape index (κ1) is 73.5. The number of hydrogen-bond acceptors (Lipinski definition) is 18. The minimum atomic E-state index is -1.98. The predicted molar refractivity (Wildman–Crippen MR) is 310 cm³/mol. The van der Waals surface area contributed by atoms with Gasteiger partial charge in [0, 0.05) is 6.42 Å². The van der Waals surface area contributed by atoms with Gasteiger partial charge in [0.2, 0.25) is 5.91 Å². The van der Waals surface area contributed by atoms with E-state index < -0.39 is 124 Å². The van der Waals surface area contributed by atoms with Crippen molar-refractivity contribution in [2.45, 2.75) is 336 Å². The summed E-state index contributed by atoms with van der Waals surface area (Å²) in [5.41, 5.74) is 0. The van der Waals surface area contributed by atoms with Crippen LogP contribution in [0.25, 0.3) is 0 Å². The zero-order valence-electron chi connectivity index (χ0n) is 49.8. The van der Waals surface area contributed by atoms with Crippen molar-refractivity contribution < 1.29 is 89.4 Å². The van der Waals surface area contributed by atoms with Gasteiger partial charge >= 0.3 is 0 Å². The lowest BCUT2D eigenvalue weighted by Gasteiger charge is -2.48. The molecule has 3 aliphatic rings. The van der Waals surface area contributed by atoms with Crippen LogP contribution in [0.3, 0.4) is 0 Å². The lowest BCUT2D eigenvalue weighted by molar-refractivity contribution is -0.379. The van der Waals surface area contributed by atoms with Gasteiger partial charge in [-0.25, -0.2) is 0 Å². The average molecular weight is 1160 g/mol. The highest BCUT2D eigenvalue weighted by Crippen LogP contribution is 2.33. The average Bonchev–Trinajstić information content (AvgIpc) is 3.47. The molecule has 476 valence electrons. The minimum absolute atomic E-state index is 0.235. The quantitative estimate of drug-likeness (QED) is 0.0222. The number of hydrogen-bond donors (Lipinski definition) is 12. The fourth-order valence-corrected chi connectivity index (χ4v) is 11.0. The first-order valence-electron chi connectivity index (χ1n) is 32.1. The first-order chi connectivity index (χ1) is 39.3. The van der Waals surface area contributed by atoms with E-state index in [-0.39, 0.29) is 18.9 Å². The molecule has 1 amide bonds. The Kier molecular flexibility index (Phi) is 41.4. The van der Waals surface area contributed by atoms with Gasteiger partial charge < -0.3 is 89.9 Å². The normalized spacial score (nSPS) is 29.9. The molecule has 0 radical (unpaired) electrons. The minimum Gasteiger partial charge on any atom is -0.394 e. The molecule has 0 aromatic rings. The number of aliphatic hydroxyl groups excluding tert-OH is 11. The SMILES string of the molecule is CCCCCCCCC/C=C\CCCCCCCC(=O)NC(COC1OC(CO)C(OC2OC(CO)C(OC3OC(CO)C(O)C(O)C3O)C(O)C2O)C(O)C1O)C(O)/C=C/CCCCCCCCCCCCCCCCCCCC. The van der Waals surface area contributed by atoms with E-state index in [0.717, 1.165) is 64.2 Å². The number of unbranched alkanes of at least 4 members (excludes halogenated alkanes) is 30. The van der Waals surface area contributed by atoms with Crippen LogP contribution in [0.5, 0.6) is 0 Å². The third-order valence-corrected chi connectivity index (χ3v) is 16.2. The molecule has 17 atom stereocenters. The Bertz CT molecular complexity index is 1580. The van der Waals surface area contributed by atoms with Crippen molar-refractivity contribution in [1.82, 2.24) is 5.32 Å². The van der Waals surface area contributed by atoms with Gasteiger partial charge in [-0.15, -0.1) is 0 Å². The van der Waals surface area contributed by atoms with Crippen LogP contribution in [-0.4, -0.2) is 193 Å². The van der Waals surface area contributed by atoms with Crippen molar-refractivity contribution in [3.8, 4) is 0 Å². The molecule has 0 spiro atoms. The van der Waals surface area contributed by atoms with E-state index in [2.05, 4.69) is 31.3 Å². The molecule has 3 rings (SSSR count). The maximum absolute atomic E-state index is 13.3. The van der Waals surface area contributed by atoms with Crippen molar-refractivity contribution in [3.63, 3.8) is 0 Å². The Morgan fingerprint density at radius 1 is 0.432 bits per heavy atom. The van der Waals surface area contributed by atoms with E-state index >= 15 is 0 Å². The highest BCUT2D eigenvalue weighted by Gasteiger charge is 2.53. The summed E-state index contributed by atoms with van der Waals surface area (Å²) in [4.78, 5) is 13.3. The van der Waals surface area contributed by atoms with Gasteiger partial charge in [0.05, 0.1) is 38.6 Å². The summed E-state index contributed by atoms with van der Waals surface area (Å²) in [5.74, 6) is -0.282. The van der Waals surface area contributed by atoms with Gasteiger partial charge in [-0.05, 0) is 44.9 Å². The molecular formula is C62H115NO18. The Morgan fingerprint density at radius 3 is 1.20 bits per heavy atom. The lowest BCUT2D eigenvalue weighted by atomic mass is 9.96. The maximum atomic E-state index is 13.3. The second kappa shape index (κ2) is 45.6. The number of ether oxygens (including phenoxy) is 6. The molecule has 17 unspecified atom stereocenters. The zero-order valence-corrected chi connectivity index (χ0v) is 49.8. The van der Waals surface area contributed by atoms with Gasteiger partial charge in [-0.2, -0.15) is 0 Å². The van der Waals surface area contributed by atoms with E-state index in [1.165, 1.54) is 141 Å². The van der Waals surface area contributed by atoms with Crippen molar-refractivity contribution >= 4 is 5.91 Å². The number of rotatable bonds is 48. The van der Waals surface area contributed by atoms with E-state index in [0.29, 0.717) is 6.42 Å². The number of allylic oxidation sites excluding steroid dienone is 3. The van der Waals surface area contributed by atoms with E-state index in [4.69, 9.17) is 28.4 Å². The number of amides is 1. The molecule has 81 heavy (non-hydrogen) atoms. The molecule has 3 heterocycles. The van der Waals surface area contributed by atoms with Crippen molar-refractivity contribution in [2.24, 2.45) is 0 Å². The molecule has 3 fully saturated rings. The van der Waals surface area contributed by atoms with Gasteiger partial charge in [0.1, 0.15) is 73.2 Å². The molecule has 0 aliphatic carbocycles. The Labute approximate surface area is 486 Å². The predicted octanol–water partition coefficient (Wildman–Crippen LogP) is 6.71.